The van der Waals surface area contributed by atoms with Crippen molar-refractivity contribution in [2.24, 2.45) is 0 Å². The molecule has 0 aliphatic rings. The van der Waals surface area contributed by atoms with Gasteiger partial charge in [0.25, 0.3) is 0 Å². The van der Waals surface area contributed by atoms with Gasteiger partial charge in [0.1, 0.15) is 0 Å². The molecular weight excluding hydrogens is 399 g/mol. The summed E-state index contributed by atoms with van der Waals surface area (Å²) in [6.07, 6.45) is 1.02. The highest BCUT2D eigenvalue weighted by atomic mass is 35.5. The van der Waals surface area contributed by atoms with Crippen molar-refractivity contribution in [2.75, 3.05) is 5.32 Å². The van der Waals surface area contributed by atoms with Crippen molar-refractivity contribution in [1.82, 2.24) is 4.98 Å². The number of carbonyl (C=O) groups excluding carboxylic acids is 1. The molecule has 2 aromatic carbocycles. The van der Waals surface area contributed by atoms with E-state index in [0.717, 1.165) is 11.1 Å². The van der Waals surface area contributed by atoms with Gasteiger partial charge in [-0.05, 0) is 42.3 Å². The molecule has 3 aromatic rings. The van der Waals surface area contributed by atoms with Crippen LogP contribution in [0.3, 0.4) is 0 Å². The summed E-state index contributed by atoms with van der Waals surface area (Å²) in [7, 11) is 0. The summed E-state index contributed by atoms with van der Waals surface area (Å²) < 4.78 is 0. The molecule has 3 nitrogen and oxygen atoms in total. The maximum absolute atomic E-state index is 12.1. The van der Waals surface area contributed by atoms with E-state index < -0.39 is 0 Å². The van der Waals surface area contributed by atoms with Gasteiger partial charge in [0, 0.05) is 27.4 Å². The molecule has 0 atom stereocenters. The lowest BCUT2D eigenvalue weighted by Crippen LogP contribution is -2.12. The number of hydrogen-bond acceptors (Lipinski definition) is 3. The molecule has 0 radical (unpaired) electrons. The molecule has 0 bridgehead atoms. The zero-order valence-corrected chi connectivity index (χ0v) is 16.0. The van der Waals surface area contributed by atoms with Gasteiger partial charge in [-0.3, -0.25) is 4.79 Å². The van der Waals surface area contributed by atoms with Crippen LogP contribution < -0.4 is 5.32 Å². The van der Waals surface area contributed by atoms with Crippen LogP contribution in [0.5, 0.6) is 0 Å². The molecule has 1 N–H and O–H groups in total. The Morgan fingerprint density at radius 3 is 2.48 bits per heavy atom. The van der Waals surface area contributed by atoms with Gasteiger partial charge < -0.3 is 5.32 Å². The van der Waals surface area contributed by atoms with Crippen LogP contribution in [0.4, 0.5) is 5.13 Å². The molecule has 1 aromatic heterocycles. The van der Waals surface area contributed by atoms with Crippen molar-refractivity contribution in [1.29, 1.82) is 0 Å². The zero-order valence-electron chi connectivity index (χ0n) is 12.9. The SMILES string of the molecule is O=C(CCc1ccc(Cl)cc1)Nc1nc(-c2ccc(Cl)cc2Cl)cs1. The molecule has 0 saturated carbocycles. The molecule has 0 unspecified atom stereocenters. The number of halogens is 3. The van der Waals surface area contributed by atoms with Gasteiger partial charge in [0.05, 0.1) is 10.7 Å². The lowest BCUT2D eigenvalue weighted by Gasteiger charge is -2.03. The van der Waals surface area contributed by atoms with E-state index in [4.69, 9.17) is 34.8 Å². The van der Waals surface area contributed by atoms with E-state index in [1.54, 1.807) is 12.1 Å². The monoisotopic (exact) mass is 410 g/mol. The number of thiazole rings is 1. The fourth-order valence-electron chi connectivity index (χ4n) is 2.24. The van der Waals surface area contributed by atoms with E-state index in [2.05, 4.69) is 10.3 Å². The lowest BCUT2D eigenvalue weighted by molar-refractivity contribution is -0.116. The van der Waals surface area contributed by atoms with Gasteiger partial charge in [0.2, 0.25) is 5.91 Å². The van der Waals surface area contributed by atoms with Crippen LogP contribution in [0.2, 0.25) is 15.1 Å². The Morgan fingerprint density at radius 2 is 1.76 bits per heavy atom. The van der Waals surface area contributed by atoms with Gasteiger partial charge in [-0.2, -0.15) is 0 Å². The zero-order chi connectivity index (χ0) is 17.8. The van der Waals surface area contributed by atoms with Crippen molar-refractivity contribution in [3.8, 4) is 11.3 Å². The summed E-state index contributed by atoms with van der Waals surface area (Å²) in [6.45, 7) is 0. The van der Waals surface area contributed by atoms with Crippen molar-refractivity contribution in [3.05, 3.63) is 68.5 Å². The predicted octanol–water partition coefficient (Wildman–Crippen LogP) is 6.34. The lowest BCUT2D eigenvalue weighted by atomic mass is 10.1. The normalized spacial score (nSPS) is 10.7. The van der Waals surface area contributed by atoms with E-state index in [-0.39, 0.29) is 5.91 Å². The summed E-state index contributed by atoms with van der Waals surface area (Å²) in [4.78, 5) is 16.5. The first-order chi connectivity index (χ1) is 12.0. The highest BCUT2D eigenvalue weighted by Crippen LogP contribution is 2.32. The first-order valence-corrected chi connectivity index (χ1v) is 9.48. The fourth-order valence-corrected chi connectivity index (χ4v) is 3.60. The largest absolute Gasteiger partial charge is 0.302 e. The summed E-state index contributed by atoms with van der Waals surface area (Å²) in [5.41, 5.74) is 2.55. The molecule has 0 aliphatic carbocycles. The molecule has 0 fully saturated rings. The minimum atomic E-state index is -0.0851. The number of hydrogen-bond donors (Lipinski definition) is 1. The van der Waals surface area contributed by atoms with Gasteiger partial charge in [-0.25, -0.2) is 4.98 Å². The molecule has 0 saturated heterocycles. The van der Waals surface area contributed by atoms with Crippen molar-refractivity contribution in [3.63, 3.8) is 0 Å². The molecule has 0 spiro atoms. The smallest absolute Gasteiger partial charge is 0.226 e. The molecular formula is C18H13Cl3N2OS. The molecule has 128 valence electrons. The van der Waals surface area contributed by atoms with E-state index in [1.807, 2.05) is 35.7 Å². The van der Waals surface area contributed by atoms with Crippen LogP contribution >= 0.6 is 46.1 Å². The average molecular weight is 412 g/mol. The van der Waals surface area contributed by atoms with Gasteiger partial charge in [-0.15, -0.1) is 11.3 Å². The summed E-state index contributed by atoms with van der Waals surface area (Å²) in [5, 5.41) is 6.99. The summed E-state index contributed by atoms with van der Waals surface area (Å²) in [6, 6.07) is 12.7. The summed E-state index contributed by atoms with van der Waals surface area (Å²) in [5.74, 6) is -0.0851. The van der Waals surface area contributed by atoms with Crippen LogP contribution in [-0.4, -0.2) is 10.9 Å². The number of nitrogens with zero attached hydrogens (tertiary/aromatic N) is 1. The molecule has 1 amide bonds. The number of aromatic nitrogens is 1. The number of nitrogens with one attached hydrogen (secondary N) is 1. The van der Waals surface area contributed by atoms with Crippen LogP contribution in [-0.2, 0) is 11.2 Å². The predicted molar refractivity (Wildman–Crippen MR) is 106 cm³/mol. The topological polar surface area (TPSA) is 42.0 Å². The fraction of sp³-hybridized carbons (Fsp3) is 0.111. The highest BCUT2D eigenvalue weighted by Gasteiger charge is 2.11. The van der Waals surface area contributed by atoms with Crippen LogP contribution in [0.15, 0.2) is 47.8 Å². The number of benzene rings is 2. The second-order valence-electron chi connectivity index (χ2n) is 5.34. The van der Waals surface area contributed by atoms with Crippen molar-refractivity contribution < 1.29 is 4.79 Å². The Kier molecular flexibility index (Phi) is 5.97. The minimum Gasteiger partial charge on any atom is -0.302 e. The number of rotatable bonds is 5. The molecule has 3 rings (SSSR count). The number of anilines is 1. The van der Waals surface area contributed by atoms with Crippen LogP contribution in [0.1, 0.15) is 12.0 Å². The molecule has 7 heteroatoms. The Hall–Kier alpha value is -1.59. The Morgan fingerprint density at radius 1 is 1.04 bits per heavy atom. The third-order valence-electron chi connectivity index (χ3n) is 3.51. The van der Waals surface area contributed by atoms with E-state index in [9.17, 15) is 4.79 Å². The maximum atomic E-state index is 12.1. The highest BCUT2D eigenvalue weighted by molar-refractivity contribution is 7.14. The van der Waals surface area contributed by atoms with Crippen molar-refractivity contribution >= 4 is 57.2 Å². The maximum Gasteiger partial charge on any atom is 0.226 e. The molecule has 0 aliphatic heterocycles. The number of aryl methyl sites for hydroxylation is 1. The first-order valence-electron chi connectivity index (χ1n) is 7.46. The standard InChI is InChI=1S/C18H13Cl3N2OS/c19-12-4-1-11(2-5-12)3-8-17(24)23-18-22-16(10-25-18)14-7-6-13(20)9-15(14)21/h1-2,4-7,9-10H,3,8H2,(H,22,23,24). The van der Waals surface area contributed by atoms with E-state index in [0.29, 0.717) is 38.7 Å². The molecule has 1 heterocycles. The van der Waals surface area contributed by atoms with Crippen LogP contribution in [0.25, 0.3) is 11.3 Å². The Bertz CT molecular complexity index is 894. The van der Waals surface area contributed by atoms with E-state index >= 15 is 0 Å². The Labute approximate surface area is 164 Å². The average Bonchev–Trinajstić information content (AvgIpc) is 3.02. The third kappa shape index (κ3) is 4.95. The van der Waals surface area contributed by atoms with Gasteiger partial charge >= 0.3 is 0 Å². The number of carbonyl (C=O) groups is 1. The van der Waals surface area contributed by atoms with E-state index in [1.165, 1.54) is 11.3 Å². The second-order valence-corrected chi connectivity index (χ2v) is 7.47. The summed E-state index contributed by atoms with van der Waals surface area (Å²) >= 11 is 19.3. The van der Waals surface area contributed by atoms with Gasteiger partial charge in [0.15, 0.2) is 5.13 Å². The van der Waals surface area contributed by atoms with Crippen molar-refractivity contribution in [2.45, 2.75) is 12.8 Å². The molecule has 25 heavy (non-hydrogen) atoms. The third-order valence-corrected chi connectivity index (χ3v) is 5.07. The van der Waals surface area contributed by atoms with Gasteiger partial charge in [-0.1, -0.05) is 46.9 Å². The first kappa shape index (κ1) is 18.2. The van der Waals surface area contributed by atoms with Crippen LogP contribution in [0, 0.1) is 0 Å². The Balaban J connectivity index is 1.60. The number of amides is 1. The quantitative estimate of drug-likeness (QED) is 0.532. The second kappa shape index (κ2) is 8.19. The minimum absolute atomic E-state index is 0.0851.